The molecule has 1 aromatic heterocycles. The summed E-state index contributed by atoms with van der Waals surface area (Å²) in [5.74, 6) is 0.130. The molecule has 8 heteroatoms. The minimum atomic E-state index is -0.267. The number of aromatic nitrogens is 2. The van der Waals surface area contributed by atoms with Crippen molar-refractivity contribution in [3.05, 3.63) is 54.1 Å². The molecular weight excluding hydrogens is 308 g/mol. The average molecular weight is 324 g/mol. The number of nitrogens with one attached hydrogen (secondary N) is 4. The van der Waals surface area contributed by atoms with E-state index in [4.69, 9.17) is 5.21 Å². The fraction of sp³-hybridized carbons (Fsp3) is 0.0625. The van der Waals surface area contributed by atoms with Gasteiger partial charge in [-0.1, -0.05) is 24.3 Å². The molecule has 0 bridgehead atoms. The largest absolute Gasteiger partial charge is 0.324 e. The molecule has 8 nitrogen and oxygen atoms in total. The van der Waals surface area contributed by atoms with Crippen molar-refractivity contribution in [2.24, 2.45) is 5.10 Å². The fourth-order valence-electron chi connectivity index (χ4n) is 2.11. The van der Waals surface area contributed by atoms with Gasteiger partial charge < -0.3 is 10.4 Å². The number of fused-ring (bicyclic) bond motifs is 1. The SMILES string of the molecule is O=C(CN/N=C\c1cccc(NO)c1)Nc1nc2ccccc2[nH]1. The molecule has 122 valence electrons. The molecule has 5 N–H and O–H groups in total. The first-order valence-corrected chi connectivity index (χ1v) is 7.25. The molecule has 0 fully saturated rings. The number of anilines is 2. The van der Waals surface area contributed by atoms with Gasteiger partial charge in [0.25, 0.3) is 0 Å². The van der Waals surface area contributed by atoms with E-state index in [-0.39, 0.29) is 12.5 Å². The summed E-state index contributed by atoms with van der Waals surface area (Å²) < 4.78 is 0. The zero-order valence-electron chi connectivity index (χ0n) is 12.7. The summed E-state index contributed by atoms with van der Waals surface area (Å²) in [6.07, 6.45) is 1.55. The second-order valence-electron chi connectivity index (χ2n) is 4.98. The number of carbonyl (C=O) groups excluding carboxylic acids is 1. The number of amides is 1. The van der Waals surface area contributed by atoms with Crippen molar-refractivity contribution in [2.75, 3.05) is 17.3 Å². The van der Waals surface area contributed by atoms with Crippen molar-refractivity contribution >= 4 is 34.8 Å². The zero-order chi connectivity index (χ0) is 16.8. The van der Waals surface area contributed by atoms with Gasteiger partial charge in [-0.25, -0.2) is 4.98 Å². The van der Waals surface area contributed by atoms with E-state index in [1.54, 1.807) is 24.4 Å². The van der Waals surface area contributed by atoms with Gasteiger partial charge in [0, 0.05) is 0 Å². The van der Waals surface area contributed by atoms with E-state index >= 15 is 0 Å². The third-order valence-corrected chi connectivity index (χ3v) is 3.21. The van der Waals surface area contributed by atoms with Gasteiger partial charge in [0.1, 0.15) is 6.54 Å². The first-order chi connectivity index (χ1) is 11.7. The molecule has 2 aromatic carbocycles. The van der Waals surface area contributed by atoms with E-state index in [2.05, 4.69) is 31.3 Å². The van der Waals surface area contributed by atoms with Crippen LogP contribution in [0.15, 0.2) is 53.6 Å². The van der Waals surface area contributed by atoms with Crippen LogP contribution in [-0.2, 0) is 4.79 Å². The summed E-state index contributed by atoms with van der Waals surface area (Å²) in [4.78, 5) is 19.1. The van der Waals surface area contributed by atoms with Crippen LogP contribution in [0.25, 0.3) is 11.0 Å². The van der Waals surface area contributed by atoms with E-state index in [1.165, 1.54) is 0 Å². The third-order valence-electron chi connectivity index (χ3n) is 3.21. The summed E-state index contributed by atoms with van der Waals surface area (Å²) in [7, 11) is 0. The monoisotopic (exact) mass is 324 g/mol. The van der Waals surface area contributed by atoms with Gasteiger partial charge in [-0.15, -0.1) is 0 Å². The van der Waals surface area contributed by atoms with Crippen molar-refractivity contribution in [2.45, 2.75) is 0 Å². The Morgan fingerprint density at radius 3 is 2.96 bits per heavy atom. The van der Waals surface area contributed by atoms with Crippen molar-refractivity contribution in [3.63, 3.8) is 0 Å². The Balaban J connectivity index is 1.51. The summed E-state index contributed by atoms with van der Waals surface area (Å²) in [6.45, 7) is 0.00544. The van der Waals surface area contributed by atoms with E-state index in [9.17, 15) is 4.79 Å². The Morgan fingerprint density at radius 2 is 2.12 bits per heavy atom. The lowest BCUT2D eigenvalue weighted by Gasteiger charge is -2.02. The predicted octanol–water partition coefficient (Wildman–Crippen LogP) is 1.93. The van der Waals surface area contributed by atoms with Gasteiger partial charge in [0.2, 0.25) is 11.9 Å². The van der Waals surface area contributed by atoms with Gasteiger partial charge in [-0.3, -0.25) is 20.8 Å². The van der Waals surface area contributed by atoms with Crippen LogP contribution >= 0.6 is 0 Å². The molecular formula is C16H16N6O2. The molecule has 0 unspecified atom stereocenters. The highest BCUT2D eigenvalue weighted by Crippen LogP contribution is 2.12. The van der Waals surface area contributed by atoms with Crippen molar-refractivity contribution in [1.29, 1.82) is 0 Å². The maximum atomic E-state index is 11.9. The number of H-pyrrole nitrogens is 1. The predicted molar refractivity (Wildman–Crippen MR) is 92.2 cm³/mol. The number of imidazole rings is 1. The fourth-order valence-corrected chi connectivity index (χ4v) is 2.11. The molecule has 3 aromatic rings. The summed E-state index contributed by atoms with van der Waals surface area (Å²) in [5, 5.41) is 15.5. The van der Waals surface area contributed by atoms with Gasteiger partial charge in [0.05, 0.1) is 22.9 Å². The molecule has 0 aliphatic rings. The molecule has 0 atom stereocenters. The highest BCUT2D eigenvalue weighted by molar-refractivity contribution is 5.92. The second-order valence-corrected chi connectivity index (χ2v) is 4.98. The average Bonchev–Trinajstić information content (AvgIpc) is 3.01. The lowest BCUT2D eigenvalue weighted by atomic mass is 10.2. The molecule has 0 aliphatic carbocycles. The van der Waals surface area contributed by atoms with Crippen LogP contribution in [0.2, 0.25) is 0 Å². The smallest absolute Gasteiger partial charge is 0.247 e. The summed E-state index contributed by atoms with van der Waals surface area (Å²) in [6, 6.07) is 14.5. The maximum absolute atomic E-state index is 11.9. The molecule has 1 amide bonds. The minimum absolute atomic E-state index is 0.00544. The Hall–Kier alpha value is -3.39. The van der Waals surface area contributed by atoms with Gasteiger partial charge in [-0.05, 0) is 29.8 Å². The maximum Gasteiger partial charge on any atom is 0.247 e. The lowest BCUT2D eigenvalue weighted by Crippen LogP contribution is -2.25. The highest BCUT2D eigenvalue weighted by Gasteiger charge is 2.05. The molecule has 0 saturated heterocycles. The number of aromatic amines is 1. The lowest BCUT2D eigenvalue weighted by molar-refractivity contribution is -0.115. The van der Waals surface area contributed by atoms with Crippen LogP contribution in [0.5, 0.6) is 0 Å². The van der Waals surface area contributed by atoms with Gasteiger partial charge in [0.15, 0.2) is 0 Å². The van der Waals surface area contributed by atoms with E-state index in [0.29, 0.717) is 11.6 Å². The molecule has 0 radical (unpaired) electrons. The number of hydrogen-bond donors (Lipinski definition) is 5. The minimum Gasteiger partial charge on any atom is -0.324 e. The van der Waals surface area contributed by atoms with Crippen LogP contribution in [0.3, 0.4) is 0 Å². The van der Waals surface area contributed by atoms with Crippen LogP contribution in [-0.4, -0.2) is 33.8 Å². The number of carbonyl (C=O) groups is 1. The Labute approximate surface area is 137 Å². The van der Waals surface area contributed by atoms with Gasteiger partial charge in [-0.2, -0.15) is 5.10 Å². The Kier molecular flexibility index (Phi) is 4.68. The first kappa shape index (κ1) is 15.5. The summed E-state index contributed by atoms with van der Waals surface area (Å²) >= 11 is 0. The number of hydrogen-bond acceptors (Lipinski definition) is 6. The normalized spacial score (nSPS) is 10.9. The summed E-state index contributed by atoms with van der Waals surface area (Å²) in [5.41, 5.74) is 7.70. The molecule has 24 heavy (non-hydrogen) atoms. The Bertz CT molecular complexity index is 841. The molecule has 0 saturated carbocycles. The second kappa shape index (κ2) is 7.25. The molecule has 0 spiro atoms. The first-order valence-electron chi connectivity index (χ1n) is 7.25. The molecule has 3 rings (SSSR count). The van der Waals surface area contributed by atoms with Crippen molar-refractivity contribution < 1.29 is 10.0 Å². The number of nitrogens with zero attached hydrogens (tertiary/aromatic N) is 2. The quantitative estimate of drug-likeness (QED) is 0.351. The number of para-hydroxylation sites is 2. The third kappa shape index (κ3) is 3.87. The van der Waals surface area contributed by atoms with Crippen LogP contribution < -0.4 is 16.2 Å². The van der Waals surface area contributed by atoms with Crippen molar-refractivity contribution in [3.8, 4) is 0 Å². The molecule has 1 heterocycles. The standard InChI is InChI=1S/C16H16N6O2/c23-15(21-16-19-13-6-1-2-7-14(13)20-16)10-18-17-9-11-4-3-5-12(8-11)22-24/h1-9,18,22,24H,10H2,(H2,19,20,21,23)/b17-9-. The highest BCUT2D eigenvalue weighted by atomic mass is 16.5. The topological polar surface area (TPSA) is 114 Å². The number of rotatable bonds is 6. The van der Waals surface area contributed by atoms with Crippen LogP contribution in [0, 0.1) is 0 Å². The molecule has 0 aliphatic heterocycles. The van der Waals surface area contributed by atoms with Gasteiger partial charge >= 0.3 is 0 Å². The van der Waals surface area contributed by atoms with E-state index < -0.39 is 0 Å². The Morgan fingerprint density at radius 1 is 1.25 bits per heavy atom. The van der Waals surface area contributed by atoms with Crippen molar-refractivity contribution in [1.82, 2.24) is 15.4 Å². The zero-order valence-corrected chi connectivity index (χ0v) is 12.7. The van der Waals surface area contributed by atoms with E-state index in [0.717, 1.165) is 16.6 Å². The van der Waals surface area contributed by atoms with Crippen LogP contribution in [0.1, 0.15) is 5.56 Å². The van der Waals surface area contributed by atoms with E-state index in [1.807, 2.05) is 30.3 Å². The number of benzene rings is 2. The van der Waals surface area contributed by atoms with Crippen LogP contribution in [0.4, 0.5) is 11.6 Å². The number of hydrazone groups is 1.